The van der Waals surface area contributed by atoms with Gasteiger partial charge in [-0.15, -0.1) is 0 Å². The van der Waals surface area contributed by atoms with Crippen molar-refractivity contribution in [2.24, 2.45) is 0 Å². The van der Waals surface area contributed by atoms with Gasteiger partial charge in [-0.2, -0.15) is 21.4 Å². The maximum Gasteiger partial charge on any atom is 0.227 e. The fraction of sp³-hybridized carbons (Fsp3) is 0.158. The summed E-state index contributed by atoms with van der Waals surface area (Å²) in [6, 6.07) is 11.2. The quantitative estimate of drug-likeness (QED) is 0.489. The minimum atomic E-state index is -0.145. The molecule has 0 unspecified atom stereocenters. The molecule has 0 aliphatic rings. The van der Waals surface area contributed by atoms with Crippen LogP contribution in [0.2, 0.25) is 5.02 Å². The van der Waals surface area contributed by atoms with E-state index in [1.807, 2.05) is 41.1 Å². The highest BCUT2D eigenvalue weighted by molar-refractivity contribution is 7.08. The number of carbonyl (C=O) groups is 1. The van der Waals surface area contributed by atoms with Crippen LogP contribution in [0.3, 0.4) is 0 Å². The van der Waals surface area contributed by atoms with Crippen molar-refractivity contribution in [2.45, 2.75) is 19.4 Å². The first-order valence-electron chi connectivity index (χ1n) is 8.58. The molecule has 0 fully saturated rings. The van der Waals surface area contributed by atoms with E-state index in [1.54, 1.807) is 28.3 Å². The smallest absolute Gasteiger partial charge is 0.227 e. The average Bonchev–Trinajstić information content (AvgIpc) is 3.44. The summed E-state index contributed by atoms with van der Waals surface area (Å²) in [5.74, 6) is 1.46. The Hall–Kier alpha value is -2.97. The summed E-state index contributed by atoms with van der Waals surface area (Å²) >= 11 is 7.48. The molecule has 1 amide bonds. The number of nitrogens with one attached hydrogen (secondary N) is 1. The van der Waals surface area contributed by atoms with Gasteiger partial charge in [-0.25, -0.2) is 4.68 Å². The maximum absolute atomic E-state index is 12.3. The van der Waals surface area contributed by atoms with E-state index in [0.717, 1.165) is 11.1 Å². The van der Waals surface area contributed by atoms with Gasteiger partial charge in [0.15, 0.2) is 0 Å². The second kappa shape index (κ2) is 8.37. The summed E-state index contributed by atoms with van der Waals surface area (Å²) in [5.41, 5.74) is 1.95. The van der Waals surface area contributed by atoms with Crippen LogP contribution in [-0.2, 0) is 17.8 Å². The summed E-state index contributed by atoms with van der Waals surface area (Å²) in [6.07, 6.45) is 2.25. The van der Waals surface area contributed by atoms with Crippen molar-refractivity contribution in [1.29, 1.82) is 0 Å². The van der Waals surface area contributed by atoms with Crippen molar-refractivity contribution in [3.63, 3.8) is 0 Å². The van der Waals surface area contributed by atoms with Crippen molar-refractivity contribution in [3.8, 4) is 11.4 Å². The van der Waals surface area contributed by atoms with Gasteiger partial charge in [-0.3, -0.25) is 4.79 Å². The molecule has 0 saturated heterocycles. The third kappa shape index (κ3) is 4.47. The van der Waals surface area contributed by atoms with Crippen LogP contribution in [0.5, 0.6) is 0 Å². The Morgan fingerprint density at radius 3 is 2.86 bits per heavy atom. The Balaban J connectivity index is 1.33. The first-order valence-corrected chi connectivity index (χ1v) is 9.91. The molecule has 1 N–H and O–H groups in total. The highest BCUT2D eigenvalue weighted by Crippen LogP contribution is 2.19. The van der Waals surface area contributed by atoms with Crippen LogP contribution in [0.25, 0.3) is 11.4 Å². The minimum Gasteiger partial charge on any atom is -0.339 e. The topological polar surface area (TPSA) is 85.8 Å². The van der Waals surface area contributed by atoms with Crippen LogP contribution in [0.1, 0.15) is 17.9 Å². The molecule has 3 aromatic heterocycles. The lowest BCUT2D eigenvalue weighted by atomic mass is 10.2. The van der Waals surface area contributed by atoms with Gasteiger partial charge in [0.2, 0.25) is 17.6 Å². The lowest BCUT2D eigenvalue weighted by Gasteiger charge is -2.09. The summed E-state index contributed by atoms with van der Waals surface area (Å²) in [4.78, 5) is 16.6. The molecule has 142 valence electrons. The Labute approximate surface area is 170 Å². The number of rotatable bonds is 7. The minimum absolute atomic E-state index is 0.145. The number of halogens is 1. The van der Waals surface area contributed by atoms with Crippen molar-refractivity contribution < 1.29 is 9.32 Å². The number of hydrogen-bond acceptors (Lipinski definition) is 6. The molecule has 4 rings (SSSR count). The van der Waals surface area contributed by atoms with Crippen molar-refractivity contribution >= 4 is 34.7 Å². The number of amides is 1. The monoisotopic (exact) mass is 413 g/mol. The third-order valence-electron chi connectivity index (χ3n) is 4.04. The second-order valence-electron chi connectivity index (χ2n) is 6.07. The Morgan fingerprint density at radius 2 is 2.07 bits per heavy atom. The zero-order valence-corrected chi connectivity index (χ0v) is 16.3. The number of benzene rings is 1. The van der Waals surface area contributed by atoms with Crippen LogP contribution < -0.4 is 5.32 Å². The summed E-state index contributed by atoms with van der Waals surface area (Å²) in [7, 11) is 0. The van der Waals surface area contributed by atoms with Gasteiger partial charge in [-0.05, 0) is 29.1 Å². The van der Waals surface area contributed by atoms with E-state index in [-0.39, 0.29) is 12.3 Å². The standard InChI is InChI=1S/C19H16ClN5O2S/c20-15-3-1-13(2-4-15)11-25-16(7-9-21-25)22-17(26)5-6-18-23-19(24-27-18)14-8-10-28-12-14/h1-4,7-10,12H,5-6,11H2,(H,22,26). The predicted molar refractivity (Wildman–Crippen MR) is 107 cm³/mol. The summed E-state index contributed by atoms with van der Waals surface area (Å²) in [6.45, 7) is 0.535. The van der Waals surface area contributed by atoms with E-state index in [9.17, 15) is 4.79 Å². The molecule has 9 heteroatoms. The lowest BCUT2D eigenvalue weighted by molar-refractivity contribution is -0.116. The van der Waals surface area contributed by atoms with Crippen molar-refractivity contribution in [1.82, 2.24) is 19.9 Å². The van der Waals surface area contributed by atoms with Crippen LogP contribution in [0.4, 0.5) is 5.82 Å². The predicted octanol–water partition coefficient (Wildman–Crippen LogP) is 4.27. The molecule has 0 radical (unpaired) electrons. The molecule has 0 aliphatic carbocycles. The second-order valence-corrected chi connectivity index (χ2v) is 7.29. The number of thiophene rings is 1. The largest absolute Gasteiger partial charge is 0.339 e. The van der Waals surface area contributed by atoms with Gasteiger partial charge in [0.25, 0.3) is 0 Å². The number of anilines is 1. The molecule has 0 bridgehead atoms. The number of nitrogens with zero attached hydrogens (tertiary/aromatic N) is 4. The van der Waals surface area contributed by atoms with Gasteiger partial charge in [0, 0.05) is 34.9 Å². The molecule has 1 aromatic carbocycles. The molecule has 7 nitrogen and oxygen atoms in total. The Bertz CT molecular complexity index is 1060. The Kier molecular flexibility index (Phi) is 5.50. The summed E-state index contributed by atoms with van der Waals surface area (Å²) in [5, 5.41) is 15.7. The highest BCUT2D eigenvalue weighted by atomic mass is 35.5. The van der Waals surface area contributed by atoms with Crippen molar-refractivity contribution in [2.75, 3.05) is 5.32 Å². The van der Waals surface area contributed by atoms with E-state index in [1.165, 1.54) is 0 Å². The van der Waals surface area contributed by atoms with E-state index < -0.39 is 0 Å². The molecule has 28 heavy (non-hydrogen) atoms. The highest BCUT2D eigenvalue weighted by Gasteiger charge is 2.12. The first-order chi connectivity index (χ1) is 13.7. The van der Waals surface area contributed by atoms with Crippen LogP contribution >= 0.6 is 22.9 Å². The Morgan fingerprint density at radius 1 is 1.21 bits per heavy atom. The fourth-order valence-corrected chi connectivity index (χ4v) is 3.38. The third-order valence-corrected chi connectivity index (χ3v) is 4.98. The van der Waals surface area contributed by atoms with E-state index in [4.69, 9.17) is 16.1 Å². The zero-order chi connectivity index (χ0) is 19.3. The average molecular weight is 414 g/mol. The van der Waals surface area contributed by atoms with Crippen LogP contribution in [0.15, 0.2) is 57.9 Å². The molecule has 0 spiro atoms. The molecule has 3 heterocycles. The SMILES string of the molecule is O=C(CCc1nc(-c2ccsc2)no1)Nc1ccnn1Cc1ccc(Cl)cc1. The number of hydrogen-bond donors (Lipinski definition) is 1. The summed E-state index contributed by atoms with van der Waals surface area (Å²) < 4.78 is 6.95. The molecule has 0 aliphatic heterocycles. The number of carbonyl (C=O) groups excluding carboxylic acids is 1. The van der Waals surface area contributed by atoms with Gasteiger partial charge < -0.3 is 9.84 Å². The molecule has 0 saturated carbocycles. The van der Waals surface area contributed by atoms with Gasteiger partial charge in [-0.1, -0.05) is 28.9 Å². The van der Waals surface area contributed by atoms with E-state index >= 15 is 0 Å². The molecular formula is C19H16ClN5O2S. The van der Waals surface area contributed by atoms with Crippen molar-refractivity contribution in [3.05, 3.63) is 69.8 Å². The van der Waals surface area contributed by atoms with E-state index in [2.05, 4.69) is 20.6 Å². The van der Waals surface area contributed by atoms with E-state index in [0.29, 0.717) is 35.5 Å². The van der Waals surface area contributed by atoms with Gasteiger partial charge >= 0.3 is 0 Å². The van der Waals surface area contributed by atoms with Gasteiger partial charge in [0.05, 0.1) is 12.7 Å². The van der Waals surface area contributed by atoms with Crippen LogP contribution in [-0.4, -0.2) is 25.8 Å². The lowest BCUT2D eigenvalue weighted by Crippen LogP contribution is -2.16. The fourth-order valence-electron chi connectivity index (χ4n) is 2.62. The maximum atomic E-state index is 12.3. The molecule has 0 atom stereocenters. The molecule has 4 aromatic rings. The van der Waals surface area contributed by atoms with Crippen LogP contribution in [0, 0.1) is 0 Å². The normalized spacial score (nSPS) is 10.9. The number of aromatic nitrogens is 4. The zero-order valence-electron chi connectivity index (χ0n) is 14.7. The van der Waals surface area contributed by atoms with Gasteiger partial charge in [0.1, 0.15) is 5.82 Å². The molecular weight excluding hydrogens is 398 g/mol. The first kappa shape index (κ1) is 18.4. The number of aryl methyl sites for hydroxylation is 1.